The second kappa shape index (κ2) is 6.55. The standard InChI is InChI=1S/C16H21NO2/c1-12(2)17-10-14(18)11-19-16-9-5-7-13-6-3-4-8-15(13)16/h3-9,12,14,17-18H,10-11H2,1-2H3/i1D3,3D,4D,5D,6D,7D,8D,9D,10D2. The third-order valence-corrected chi connectivity index (χ3v) is 2.13. The Morgan fingerprint density at radius 2 is 2.16 bits per heavy atom. The largest absolute Gasteiger partial charge is 0.490 e. The average Bonchev–Trinajstić information content (AvgIpc) is 2.66. The van der Waals surface area contributed by atoms with E-state index in [2.05, 4.69) is 5.32 Å². The molecule has 3 heteroatoms. The van der Waals surface area contributed by atoms with E-state index < -0.39 is 80.1 Å². The van der Waals surface area contributed by atoms with Crippen LogP contribution in [-0.4, -0.2) is 30.4 Å². The molecule has 0 aliphatic heterocycles. The zero-order chi connectivity index (χ0) is 24.0. The van der Waals surface area contributed by atoms with E-state index in [1.807, 2.05) is 0 Å². The van der Waals surface area contributed by atoms with Crippen molar-refractivity contribution in [2.45, 2.75) is 25.9 Å². The van der Waals surface area contributed by atoms with Crippen molar-refractivity contribution in [1.82, 2.24) is 5.32 Å². The summed E-state index contributed by atoms with van der Waals surface area (Å²) in [5.41, 5.74) is 0. The molecule has 0 saturated heterocycles. The van der Waals surface area contributed by atoms with Gasteiger partial charge < -0.3 is 15.2 Å². The van der Waals surface area contributed by atoms with E-state index >= 15 is 0 Å². The van der Waals surface area contributed by atoms with Gasteiger partial charge in [0.05, 0.1) is 9.60 Å². The summed E-state index contributed by atoms with van der Waals surface area (Å²) < 4.78 is 98.6. The van der Waals surface area contributed by atoms with Gasteiger partial charge in [0, 0.05) is 24.8 Å². The van der Waals surface area contributed by atoms with Crippen molar-refractivity contribution < 1.29 is 26.3 Å². The highest BCUT2D eigenvalue weighted by Gasteiger charge is 2.07. The second-order valence-electron chi connectivity index (χ2n) is 3.79. The molecule has 2 aromatic rings. The summed E-state index contributed by atoms with van der Waals surface area (Å²) in [6.45, 7) is -4.77. The van der Waals surface area contributed by atoms with Gasteiger partial charge in [-0.1, -0.05) is 50.0 Å². The highest BCUT2D eigenvalue weighted by atomic mass is 16.5. The zero-order valence-corrected chi connectivity index (χ0v) is 10.2. The number of hydrogen-bond donors (Lipinski definition) is 2. The molecule has 2 rings (SSSR count). The summed E-state index contributed by atoms with van der Waals surface area (Å²) in [5, 5.41) is 11.7. The predicted molar refractivity (Wildman–Crippen MR) is 78.6 cm³/mol. The van der Waals surface area contributed by atoms with Crippen molar-refractivity contribution in [1.29, 1.82) is 0 Å². The molecule has 0 amide bonds. The Morgan fingerprint density at radius 1 is 1.37 bits per heavy atom. The molecular formula is C16H21NO2. The predicted octanol–water partition coefficient (Wildman–Crippen LogP) is 2.58. The second-order valence-corrected chi connectivity index (χ2v) is 3.79. The summed E-state index contributed by atoms with van der Waals surface area (Å²) in [6, 6.07) is -5.72. The van der Waals surface area contributed by atoms with E-state index in [9.17, 15) is 5.11 Å². The smallest absolute Gasteiger partial charge is 0.127 e. The maximum absolute atomic E-state index is 10.2. The molecule has 2 atom stereocenters. The van der Waals surface area contributed by atoms with Crippen LogP contribution in [0.5, 0.6) is 5.75 Å². The molecule has 2 unspecified atom stereocenters. The van der Waals surface area contributed by atoms with Gasteiger partial charge in [-0.05, 0) is 11.4 Å². The topological polar surface area (TPSA) is 41.5 Å². The fraction of sp³-hybridized carbons (Fsp3) is 0.375. The Kier molecular flexibility index (Phi) is 1.75. The van der Waals surface area contributed by atoms with Crippen LogP contribution < -0.4 is 10.1 Å². The van der Waals surface area contributed by atoms with E-state index in [-0.39, 0.29) is 10.8 Å². The molecule has 0 radical (unpaired) electrons. The van der Waals surface area contributed by atoms with Crippen molar-refractivity contribution in [3.63, 3.8) is 0 Å². The molecule has 0 saturated carbocycles. The summed E-state index contributed by atoms with van der Waals surface area (Å²) in [5.74, 6) is -0.512. The van der Waals surface area contributed by atoms with Crippen molar-refractivity contribution in [2.24, 2.45) is 0 Å². The SMILES string of the molecule is [2H]c1c([2H])c([2H])c2c(OCC(O)C([2H])([2H])NC(C)C([2H])([2H])[2H])c([2H])c([2H])c([2H])c2c1[2H]. The number of fused-ring (bicyclic) bond motifs is 1. The normalized spacial score (nSPS) is 24.7. The summed E-state index contributed by atoms with van der Waals surface area (Å²) >= 11 is 0. The van der Waals surface area contributed by atoms with Gasteiger partial charge in [0.15, 0.2) is 0 Å². The number of ether oxygens (including phenoxy) is 1. The lowest BCUT2D eigenvalue weighted by molar-refractivity contribution is 0.105. The van der Waals surface area contributed by atoms with Gasteiger partial charge in [-0.2, -0.15) is 0 Å². The van der Waals surface area contributed by atoms with Gasteiger partial charge in [0.1, 0.15) is 18.5 Å². The fourth-order valence-electron chi connectivity index (χ4n) is 1.32. The Hall–Kier alpha value is -1.58. The molecule has 0 spiro atoms. The lowest BCUT2D eigenvalue weighted by Gasteiger charge is -2.15. The van der Waals surface area contributed by atoms with Crippen molar-refractivity contribution >= 4 is 10.8 Å². The van der Waals surface area contributed by atoms with Gasteiger partial charge in [-0.25, -0.2) is 0 Å². The number of nitrogens with one attached hydrogen (secondary N) is 1. The van der Waals surface area contributed by atoms with Crippen LogP contribution in [0, 0.1) is 0 Å². The molecule has 0 aliphatic rings. The monoisotopic (exact) mass is 271 g/mol. The minimum atomic E-state index is -2.62. The number of aliphatic hydroxyl groups is 1. The third-order valence-electron chi connectivity index (χ3n) is 2.13. The van der Waals surface area contributed by atoms with Crippen LogP contribution in [0.3, 0.4) is 0 Å². The van der Waals surface area contributed by atoms with Gasteiger partial charge in [0.25, 0.3) is 0 Å². The lowest BCUT2D eigenvalue weighted by atomic mass is 10.1. The Bertz CT molecular complexity index is 999. The molecule has 0 aromatic heterocycles. The summed E-state index contributed by atoms with van der Waals surface area (Å²) in [4.78, 5) is 0. The molecule has 2 N–H and O–H groups in total. The van der Waals surface area contributed by atoms with Crippen molar-refractivity contribution in [3.05, 3.63) is 42.3 Å². The van der Waals surface area contributed by atoms with E-state index in [1.54, 1.807) is 0 Å². The number of benzene rings is 2. The van der Waals surface area contributed by atoms with Crippen molar-refractivity contribution in [3.8, 4) is 5.75 Å². The molecule has 0 heterocycles. The Labute approximate surface area is 131 Å². The van der Waals surface area contributed by atoms with Crippen LogP contribution in [0.25, 0.3) is 10.8 Å². The molecule has 2 aromatic carbocycles. The first kappa shape index (κ1) is 5.08. The van der Waals surface area contributed by atoms with Gasteiger partial charge in [0.2, 0.25) is 0 Å². The first-order valence-electron chi connectivity index (χ1n) is 11.6. The minimum absolute atomic E-state index is 0.339. The van der Waals surface area contributed by atoms with E-state index in [0.29, 0.717) is 0 Å². The molecular weight excluding hydrogens is 238 g/mol. The molecule has 0 bridgehead atoms. The van der Waals surface area contributed by atoms with Crippen LogP contribution in [0.2, 0.25) is 0 Å². The first-order chi connectivity index (χ1) is 14.0. The number of rotatable bonds is 6. The summed E-state index contributed by atoms with van der Waals surface area (Å²) in [7, 11) is 0. The van der Waals surface area contributed by atoms with Crippen LogP contribution in [-0.2, 0) is 0 Å². The molecule has 19 heavy (non-hydrogen) atoms. The van der Waals surface area contributed by atoms with E-state index in [0.717, 1.165) is 0 Å². The minimum Gasteiger partial charge on any atom is -0.490 e. The van der Waals surface area contributed by atoms with Crippen LogP contribution in [0.4, 0.5) is 0 Å². The molecule has 102 valence electrons. The number of hydrogen-bond acceptors (Lipinski definition) is 3. The molecule has 0 aliphatic carbocycles. The highest BCUT2D eigenvalue weighted by Crippen LogP contribution is 2.25. The lowest BCUT2D eigenvalue weighted by Crippen LogP contribution is -2.35. The quantitative estimate of drug-likeness (QED) is 0.848. The third kappa shape index (κ3) is 3.94. The van der Waals surface area contributed by atoms with Crippen LogP contribution in [0.1, 0.15) is 30.2 Å². The Balaban J connectivity index is 2.48. The van der Waals surface area contributed by atoms with Crippen LogP contribution >= 0.6 is 0 Å². The van der Waals surface area contributed by atoms with E-state index in [4.69, 9.17) is 21.2 Å². The fourth-order valence-corrected chi connectivity index (χ4v) is 1.32. The molecule has 3 nitrogen and oxygen atoms in total. The zero-order valence-electron chi connectivity index (χ0n) is 22.2. The summed E-state index contributed by atoms with van der Waals surface area (Å²) in [6.07, 6.45) is -1.94. The highest BCUT2D eigenvalue weighted by molar-refractivity contribution is 5.88. The number of aliphatic hydroxyl groups excluding tert-OH is 1. The van der Waals surface area contributed by atoms with Crippen molar-refractivity contribution in [2.75, 3.05) is 13.1 Å². The first-order valence-corrected chi connectivity index (χ1v) is 5.60. The van der Waals surface area contributed by atoms with Crippen LogP contribution in [0.15, 0.2) is 42.3 Å². The van der Waals surface area contributed by atoms with Gasteiger partial charge in [-0.3, -0.25) is 0 Å². The maximum Gasteiger partial charge on any atom is 0.127 e. The van der Waals surface area contributed by atoms with E-state index in [1.165, 1.54) is 6.92 Å². The maximum atomic E-state index is 10.2. The molecule has 0 fully saturated rings. The van der Waals surface area contributed by atoms with Gasteiger partial charge in [-0.15, -0.1) is 0 Å². The average molecular weight is 271 g/mol. The Morgan fingerprint density at radius 3 is 3.00 bits per heavy atom. The van der Waals surface area contributed by atoms with Gasteiger partial charge >= 0.3 is 0 Å².